The lowest BCUT2D eigenvalue weighted by atomic mass is 9.60. The Morgan fingerprint density at radius 2 is 1.37 bits per heavy atom. The molecule has 8 rings (SSSR count). The molecule has 0 saturated heterocycles. The summed E-state index contributed by atoms with van der Waals surface area (Å²) in [6.45, 7) is 7.97. The van der Waals surface area contributed by atoms with Crippen LogP contribution in [-0.4, -0.2) is 4.98 Å². The van der Waals surface area contributed by atoms with E-state index < -0.39 is 0 Å². The van der Waals surface area contributed by atoms with Gasteiger partial charge in [-0.05, 0) is 45.5 Å². The molecule has 2 nitrogen and oxygen atoms in total. The molecule has 30 heavy (non-hydrogen) atoms. The molecule has 1 N–H and O–H groups in total. The molecule has 0 spiro atoms. The minimum absolute atomic E-state index is 0.0926. The van der Waals surface area contributed by atoms with E-state index in [1.165, 1.54) is 38.8 Å². The SMILES string of the molecule is [C-]#[N+]c1cc2[nH]c3c(Cl)cccc3c2c2c1C1c3ccccc3C2c2ccccc21. The molecule has 0 aliphatic heterocycles. The minimum Gasteiger partial charge on any atom is -0.354 e. The Labute approximate surface area is 178 Å². The molecular weight excluding hydrogens is 388 g/mol. The number of nitrogens with one attached hydrogen (secondary N) is 1. The molecule has 140 valence electrons. The average Bonchev–Trinajstić information content (AvgIpc) is 3.18. The highest BCUT2D eigenvalue weighted by Gasteiger charge is 2.43. The van der Waals surface area contributed by atoms with Crippen LogP contribution in [0.25, 0.3) is 26.7 Å². The highest BCUT2D eigenvalue weighted by molar-refractivity contribution is 6.36. The molecule has 0 unspecified atom stereocenters. The first-order valence-corrected chi connectivity index (χ1v) is 10.5. The van der Waals surface area contributed by atoms with Gasteiger partial charge in [-0.3, -0.25) is 0 Å². The number of nitrogens with zero attached hydrogens (tertiary/aromatic N) is 1. The maximum absolute atomic E-state index is 7.97. The largest absolute Gasteiger partial charge is 0.354 e. The summed E-state index contributed by atoms with van der Waals surface area (Å²) in [7, 11) is 0. The molecule has 1 heterocycles. The summed E-state index contributed by atoms with van der Waals surface area (Å²) in [5, 5.41) is 3.05. The summed E-state index contributed by atoms with van der Waals surface area (Å²) in [5.41, 5.74) is 10.5. The topological polar surface area (TPSA) is 20.1 Å². The van der Waals surface area contributed by atoms with Gasteiger partial charge >= 0.3 is 0 Å². The summed E-state index contributed by atoms with van der Waals surface area (Å²) in [6, 6.07) is 25.5. The van der Waals surface area contributed by atoms with Gasteiger partial charge in [-0.2, -0.15) is 0 Å². The van der Waals surface area contributed by atoms with E-state index in [1.54, 1.807) is 0 Å². The van der Waals surface area contributed by atoms with Crippen LogP contribution >= 0.6 is 11.6 Å². The van der Waals surface area contributed by atoms with E-state index in [1.807, 2.05) is 18.2 Å². The normalized spacial score (nSPS) is 18.1. The summed E-state index contributed by atoms with van der Waals surface area (Å²) < 4.78 is 0. The van der Waals surface area contributed by atoms with Crippen LogP contribution in [0.1, 0.15) is 45.2 Å². The standard InChI is InChI=1S/C27H15ClN2/c1-29-20-13-21-24(18-11-6-12-19(28)27(18)30-21)26-23-16-9-4-2-7-14(16)22(25(20)26)15-8-3-5-10-17(15)23/h2-13,22-23,30H. The number of hydrogen-bond acceptors (Lipinski definition) is 0. The number of hydrogen-bond donors (Lipinski definition) is 1. The van der Waals surface area contributed by atoms with Gasteiger partial charge in [0.2, 0.25) is 0 Å². The molecule has 2 bridgehead atoms. The first-order chi connectivity index (χ1) is 14.8. The number of benzene rings is 4. The Kier molecular flexibility index (Phi) is 3.00. The zero-order valence-corrected chi connectivity index (χ0v) is 16.7. The first kappa shape index (κ1) is 16.3. The molecule has 0 radical (unpaired) electrons. The van der Waals surface area contributed by atoms with Crippen molar-refractivity contribution in [2.24, 2.45) is 0 Å². The number of fused-ring (bicyclic) bond motifs is 3. The van der Waals surface area contributed by atoms with Crippen LogP contribution in [0.5, 0.6) is 0 Å². The van der Waals surface area contributed by atoms with E-state index in [2.05, 4.69) is 64.4 Å². The van der Waals surface area contributed by atoms with Crippen molar-refractivity contribution >= 4 is 39.1 Å². The maximum atomic E-state index is 7.97. The van der Waals surface area contributed by atoms with Crippen molar-refractivity contribution in [2.45, 2.75) is 11.8 Å². The molecule has 0 fully saturated rings. The van der Waals surface area contributed by atoms with Gasteiger partial charge < -0.3 is 4.98 Å². The van der Waals surface area contributed by atoms with Crippen molar-refractivity contribution < 1.29 is 0 Å². The van der Waals surface area contributed by atoms with Gasteiger partial charge in [0.25, 0.3) is 0 Å². The molecule has 3 aliphatic carbocycles. The van der Waals surface area contributed by atoms with Crippen molar-refractivity contribution in [3.8, 4) is 0 Å². The third-order valence-corrected chi connectivity index (χ3v) is 7.18. The number of aromatic nitrogens is 1. The van der Waals surface area contributed by atoms with Crippen molar-refractivity contribution in [1.82, 2.24) is 4.98 Å². The lowest BCUT2D eigenvalue weighted by molar-refractivity contribution is 0.764. The molecule has 0 amide bonds. The van der Waals surface area contributed by atoms with Gasteiger partial charge in [-0.25, -0.2) is 4.85 Å². The zero-order chi connectivity index (χ0) is 20.0. The fourth-order valence-electron chi connectivity index (χ4n) is 5.81. The molecule has 0 atom stereocenters. The summed E-state index contributed by atoms with van der Waals surface area (Å²) in [4.78, 5) is 7.49. The Hall–Kier alpha value is -3.54. The Bertz CT molecular complexity index is 1540. The number of H-pyrrole nitrogens is 1. The third-order valence-electron chi connectivity index (χ3n) is 6.86. The van der Waals surface area contributed by atoms with Gasteiger partial charge in [-0.1, -0.05) is 72.3 Å². The number of halogens is 1. The van der Waals surface area contributed by atoms with Crippen molar-refractivity contribution in [1.29, 1.82) is 0 Å². The van der Waals surface area contributed by atoms with Crippen molar-refractivity contribution in [2.75, 3.05) is 0 Å². The predicted molar refractivity (Wildman–Crippen MR) is 122 cm³/mol. The van der Waals surface area contributed by atoms with Gasteiger partial charge in [0, 0.05) is 28.1 Å². The number of rotatable bonds is 0. The van der Waals surface area contributed by atoms with Crippen LogP contribution in [0, 0.1) is 6.57 Å². The summed E-state index contributed by atoms with van der Waals surface area (Å²) in [5.74, 6) is 0.217. The zero-order valence-electron chi connectivity index (χ0n) is 15.9. The van der Waals surface area contributed by atoms with Gasteiger partial charge in [-0.15, -0.1) is 0 Å². The van der Waals surface area contributed by atoms with Crippen molar-refractivity contribution in [3.05, 3.63) is 123 Å². The lowest BCUT2D eigenvalue weighted by Gasteiger charge is -2.43. The fourth-order valence-corrected chi connectivity index (χ4v) is 6.04. The quantitative estimate of drug-likeness (QED) is 0.253. The fraction of sp³-hybridized carbons (Fsp3) is 0.0741. The van der Waals surface area contributed by atoms with E-state index in [0.29, 0.717) is 5.02 Å². The molecule has 4 aromatic carbocycles. The highest BCUT2D eigenvalue weighted by Crippen LogP contribution is 2.60. The molecule has 1 aromatic heterocycles. The molecule has 3 aliphatic rings. The average molecular weight is 403 g/mol. The lowest BCUT2D eigenvalue weighted by Crippen LogP contribution is -2.27. The van der Waals surface area contributed by atoms with Gasteiger partial charge in [0.15, 0.2) is 5.69 Å². The van der Waals surface area contributed by atoms with E-state index >= 15 is 0 Å². The Morgan fingerprint density at radius 1 is 0.767 bits per heavy atom. The minimum atomic E-state index is 0.0926. The Morgan fingerprint density at radius 3 is 1.97 bits per heavy atom. The highest BCUT2D eigenvalue weighted by atomic mass is 35.5. The van der Waals surface area contributed by atoms with Crippen LogP contribution in [0.2, 0.25) is 5.02 Å². The predicted octanol–water partition coefficient (Wildman–Crippen LogP) is 7.51. The molecule has 3 heteroatoms. The van der Waals surface area contributed by atoms with Gasteiger partial charge in [0.05, 0.1) is 17.1 Å². The van der Waals surface area contributed by atoms with Crippen molar-refractivity contribution in [3.63, 3.8) is 0 Å². The van der Waals surface area contributed by atoms with E-state index in [0.717, 1.165) is 22.1 Å². The van der Waals surface area contributed by atoms with Crippen LogP contribution < -0.4 is 0 Å². The van der Waals surface area contributed by atoms with E-state index in [4.69, 9.17) is 18.2 Å². The number of aromatic amines is 1. The third kappa shape index (κ3) is 1.80. The summed E-state index contributed by atoms with van der Waals surface area (Å²) >= 11 is 6.53. The molecule has 0 saturated carbocycles. The second-order valence-electron chi connectivity index (χ2n) is 8.17. The van der Waals surface area contributed by atoms with Crippen LogP contribution in [0.15, 0.2) is 72.8 Å². The Balaban J connectivity index is 1.73. The van der Waals surface area contributed by atoms with E-state index in [-0.39, 0.29) is 11.8 Å². The summed E-state index contributed by atoms with van der Waals surface area (Å²) in [6.07, 6.45) is 0. The maximum Gasteiger partial charge on any atom is 0.193 e. The molecule has 5 aromatic rings. The van der Waals surface area contributed by atoms with E-state index in [9.17, 15) is 0 Å². The smallest absolute Gasteiger partial charge is 0.193 e. The monoisotopic (exact) mass is 402 g/mol. The molecular formula is C27H15ClN2. The van der Waals surface area contributed by atoms with Crippen LogP contribution in [-0.2, 0) is 0 Å². The van der Waals surface area contributed by atoms with Crippen LogP contribution in [0.4, 0.5) is 5.69 Å². The second kappa shape index (κ2) is 5.53. The second-order valence-corrected chi connectivity index (χ2v) is 8.58. The van der Waals surface area contributed by atoms with Crippen LogP contribution in [0.3, 0.4) is 0 Å². The number of para-hydroxylation sites is 1. The van der Waals surface area contributed by atoms with Gasteiger partial charge in [0.1, 0.15) is 0 Å². The first-order valence-electron chi connectivity index (χ1n) is 10.1.